The molecule has 3 amide bonds. The van der Waals surface area contributed by atoms with Crippen LogP contribution in [0.5, 0.6) is 0 Å². The van der Waals surface area contributed by atoms with Gasteiger partial charge in [0, 0.05) is 24.2 Å². The molecule has 2 aromatic carbocycles. The summed E-state index contributed by atoms with van der Waals surface area (Å²) in [5, 5.41) is 4.02. The molecule has 29 heavy (non-hydrogen) atoms. The summed E-state index contributed by atoms with van der Waals surface area (Å²) in [5.41, 5.74) is 4.98. The van der Waals surface area contributed by atoms with Crippen molar-refractivity contribution in [2.75, 3.05) is 6.54 Å². The Hall–Kier alpha value is -3.35. The fourth-order valence-electron chi connectivity index (χ4n) is 2.98. The van der Waals surface area contributed by atoms with Crippen molar-refractivity contribution in [3.63, 3.8) is 0 Å². The van der Waals surface area contributed by atoms with E-state index in [2.05, 4.69) is 10.7 Å². The normalized spacial score (nSPS) is 13.5. The Morgan fingerprint density at radius 1 is 1.07 bits per heavy atom. The third-order valence-electron chi connectivity index (χ3n) is 4.39. The van der Waals surface area contributed by atoms with Crippen LogP contribution in [0.25, 0.3) is 0 Å². The summed E-state index contributed by atoms with van der Waals surface area (Å²) in [4.78, 5) is 36.8. The maximum Gasteiger partial charge on any atom is 0.407 e. The van der Waals surface area contributed by atoms with Gasteiger partial charge in [-0.2, -0.15) is 0 Å². The number of fused-ring (bicyclic) bond motifs is 1. The van der Waals surface area contributed by atoms with Crippen LogP contribution in [0.3, 0.4) is 0 Å². The van der Waals surface area contributed by atoms with Gasteiger partial charge in [-0.3, -0.25) is 15.0 Å². The first-order chi connectivity index (χ1) is 13.7. The maximum atomic E-state index is 12.5. The molecule has 7 nitrogen and oxygen atoms in total. The van der Waals surface area contributed by atoms with E-state index in [1.54, 1.807) is 51.1 Å². The van der Waals surface area contributed by atoms with Crippen LogP contribution in [0.4, 0.5) is 4.79 Å². The fourth-order valence-corrected chi connectivity index (χ4v) is 2.98. The van der Waals surface area contributed by atoms with Crippen molar-refractivity contribution >= 4 is 17.9 Å². The van der Waals surface area contributed by atoms with E-state index < -0.39 is 11.7 Å². The highest BCUT2D eigenvalue weighted by Crippen LogP contribution is 2.17. The molecule has 0 saturated carbocycles. The largest absolute Gasteiger partial charge is 0.444 e. The highest BCUT2D eigenvalue weighted by molar-refractivity contribution is 6.00. The Balaban J connectivity index is 1.56. The highest BCUT2D eigenvalue weighted by Gasteiger charge is 2.25. The monoisotopic (exact) mass is 395 g/mol. The van der Waals surface area contributed by atoms with Gasteiger partial charge in [0.25, 0.3) is 11.8 Å². The van der Waals surface area contributed by atoms with E-state index in [0.29, 0.717) is 24.1 Å². The van der Waals surface area contributed by atoms with Gasteiger partial charge in [-0.05, 0) is 56.5 Å². The molecule has 0 radical (unpaired) electrons. The summed E-state index contributed by atoms with van der Waals surface area (Å²) >= 11 is 0. The fraction of sp³-hybridized carbons (Fsp3) is 0.318. The number of carbonyl (C=O) groups excluding carboxylic acids is 3. The minimum Gasteiger partial charge on any atom is -0.444 e. The first-order valence-electron chi connectivity index (χ1n) is 9.49. The molecule has 0 aliphatic carbocycles. The van der Waals surface area contributed by atoms with Gasteiger partial charge >= 0.3 is 6.09 Å². The summed E-state index contributed by atoms with van der Waals surface area (Å²) in [7, 11) is 0. The highest BCUT2D eigenvalue weighted by atomic mass is 16.6. The number of ether oxygens (including phenoxy) is 1. The minimum atomic E-state index is -0.557. The second kappa shape index (κ2) is 8.34. The zero-order chi connectivity index (χ0) is 21.0. The van der Waals surface area contributed by atoms with Crippen LogP contribution in [-0.2, 0) is 17.7 Å². The van der Waals surface area contributed by atoms with Gasteiger partial charge in [0.1, 0.15) is 5.60 Å². The number of nitrogens with zero attached hydrogens (tertiary/aromatic N) is 1. The number of nitrogens with one attached hydrogen (secondary N) is 2. The minimum absolute atomic E-state index is 0.210. The molecule has 1 aliphatic rings. The van der Waals surface area contributed by atoms with Crippen LogP contribution >= 0.6 is 0 Å². The van der Waals surface area contributed by atoms with Crippen molar-refractivity contribution in [3.8, 4) is 0 Å². The third-order valence-corrected chi connectivity index (χ3v) is 4.39. The predicted molar refractivity (Wildman–Crippen MR) is 108 cm³/mol. The van der Waals surface area contributed by atoms with Gasteiger partial charge in [-0.15, -0.1) is 0 Å². The maximum absolute atomic E-state index is 12.5. The van der Waals surface area contributed by atoms with E-state index in [1.165, 1.54) is 5.01 Å². The Kier molecular flexibility index (Phi) is 5.87. The summed E-state index contributed by atoms with van der Waals surface area (Å²) in [6, 6.07) is 14.2. The van der Waals surface area contributed by atoms with Crippen LogP contribution in [0.2, 0.25) is 0 Å². The van der Waals surface area contributed by atoms with E-state index in [9.17, 15) is 14.4 Å². The zero-order valence-electron chi connectivity index (χ0n) is 16.8. The summed E-state index contributed by atoms with van der Waals surface area (Å²) < 4.78 is 5.19. The van der Waals surface area contributed by atoms with Gasteiger partial charge in [0.15, 0.2) is 0 Å². The summed E-state index contributed by atoms with van der Waals surface area (Å²) in [5.74, 6) is -0.567. The van der Waals surface area contributed by atoms with E-state index in [4.69, 9.17) is 4.74 Å². The van der Waals surface area contributed by atoms with Crippen LogP contribution in [-0.4, -0.2) is 35.1 Å². The van der Waals surface area contributed by atoms with Crippen molar-refractivity contribution in [2.24, 2.45) is 0 Å². The van der Waals surface area contributed by atoms with Crippen LogP contribution in [0, 0.1) is 0 Å². The molecule has 7 heteroatoms. The van der Waals surface area contributed by atoms with E-state index in [-0.39, 0.29) is 18.4 Å². The molecular weight excluding hydrogens is 370 g/mol. The molecule has 3 rings (SSSR count). The van der Waals surface area contributed by atoms with Gasteiger partial charge in [0.2, 0.25) is 0 Å². The molecule has 2 N–H and O–H groups in total. The van der Waals surface area contributed by atoms with Gasteiger partial charge in [-0.25, -0.2) is 9.80 Å². The molecular formula is C22H25N3O4. The zero-order valence-corrected chi connectivity index (χ0v) is 16.8. The molecule has 0 spiro atoms. The lowest BCUT2D eigenvalue weighted by molar-refractivity contribution is 0.0523. The predicted octanol–water partition coefficient (Wildman–Crippen LogP) is 3.05. The molecule has 152 valence electrons. The lowest BCUT2D eigenvalue weighted by Crippen LogP contribution is -2.49. The van der Waals surface area contributed by atoms with Gasteiger partial charge < -0.3 is 10.1 Å². The third kappa shape index (κ3) is 5.34. The number of alkyl carbamates (subject to hydrolysis) is 1. The Labute approximate surface area is 170 Å². The smallest absolute Gasteiger partial charge is 0.407 e. The quantitative estimate of drug-likeness (QED) is 0.833. The standard InChI is InChI=1S/C22H25N3O4/c1-22(2,3)29-21(28)23-14-15-8-10-17(11-9-15)19(26)24-25-13-12-16-6-4-5-7-18(16)20(25)27/h4-11H,12-14H2,1-3H3,(H,23,28)(H,24,26). The van der Waals surface area contributed by atoms with Crippen molar-refractivity contribution < 1.29 is 19.1 Å². The number of hydrogen-bond acceptors (Lipinski definition) is 4. The number of amides is 3. The Morgan fingerprint density at radius 2 is 1.76 bits per heavy atom. The molecule has 0 fully saturated rings. The van der Waals surface area contributed by atoms with E-state index >= 15 is 0 Å². The second-order valence-corrected chi connectivity index (χ2v) is 7.86. The van der Waals surface area contributed by atoms with Crippen molar-refractivity contribution in [2.45, 2.75) is 39.3 Å². The van der Waals surface area contributed by atoms with Crippen molar-refractivity contribution in [1.82, 2.24) is 15.8 Å². The number of carbonyl (C=O) groups is 3. The van der Waals surface area contributed by atoms with Gasteiger partial charge in [-0.1, -0.05) is 30.3 Å². The van der Waals surface area contributed by atoms with Crippen LogP contribution in [0.15, 0.2) is 48.5 Å². The Bertz CT molecular complexity index is 916. The molecule has 0 saturated heterocycles. The SMILES string of the molecule is CC(C)(C)OC(=O)NCc1ccc(C(=O)NN2CCc3ccccc3C2=O)cc1. The van der Waals surface area contributed by atoms with Crippen LogP contribution in [0.1, 0.15) is 52.6 Å². The molecule has 2 aromatic rings. The molecule has 0 atom stereocenters. The molecule has 1 aliphatic heterocycles. The topological polar surface area (TPSA) is 87.7 Å². The summed E-state index contributed by atoms with van der Waals surface area (Å²) in [6.07, 6.45) is 0.195. The molecule has 1 heterocycles. The number of rotatable bonds is 4. The lowest BCUT2D eigenvalue weighted by Gasteiger charge is -2.28. The first-order valence-corrected chi connectivity index (χ1v) is 9.49. The van der Waals surface area contributed by atoms with Crippen molar-refractivity contribution in [3.05, 3.63) is 70.8 Å². The van der Waals surface area contributed by atoms with E-state index in [0.717, 1.165) is 11.1 Å². The number of hydrogen-bond donors (Lipinski definition) is 2. The van der Waals surface area contributed by atoms with Crippen LogP contribution < -0.4 is 10.7 Å². The number of benzene rings is 2. The van der Waals surface area contributed by atoms with E-state index in [1.807, 2.05) is 18.2 Å². The Morgan fingerprint density at radius 3 is 2.45 bits per heavy atom. The molecule has 0 unspecified atom stereocenters. The van der Waals surface area contributed by atoms with Gasteiger partial charge in [0.05, 0.1) is 0 Å². The average Bonchev–Trinajstić information content (AvgIpc) is 2.68. The van der Waals surface area contributed by atoms with Crippen molar-refractivity contribution in [1.29, 1.82) is 0 Å². The lowest BCUT2D eigenvalue weighted by atomic mass is 10.0. The number of hydrazine groups is 1. The first kappa shape index (κ1) is 20.4. The average molecular weight is 395 g/mol. The molecule has 0 aromatic heterocycles. The molecule has 0 bridgehead atoms. The summed E-state index contributed by atoms with van der Waals surface area (Å²) in [6.45, 7) is 6.11. The second-order valence-electron chi connectivity index (χ2n) is 7.86.